The zero-order valence-corrected chi connectivity index (χ0v) is 8.98. The number of hydrogen-bond acceptors (Lipinski definition) is 4. The number of aromatic nitrogens is 2. The highest BCUT2D eigenvalue weighted by molar-refractivity contribution is 5.11. The topological polar surface area (TPSA) is 81.0 Å². The van der Waals surface area contributed by atoms with Gasteiger partial charge in [0.05, 0.1) is 17.9 Å². The van der Waals surface area contributed by atoms with Crippen molar-refractivity contribution in [3.05, 3.63) is 27.9 Å². The molecule has 3 heterocycles. The number of nitrogens with one attached hydrogen (secondary N) is 1. The number of nitrogens with zero attached hydrogens (tertiary/aromatic N) is 1. The first-order valence-electron chi connectivity index (χ1n) is 5.72. The van der Waals surface area contributed by atoms with Crippen molar-refractivity contribution in [2.45, 2.75) is 43.9 Å². The molecule has 3 rings (SSSR count). The minimum Gasteiger partial charge on any atom is -0.374 e. The summed E-state index contributed by atoms with van der Waals surface area (Å²) in [7, 11) is 0. The van der Waals surface area contributed by atoms with Crippen LogP contribution in [-0.2, 0) is 11.3 Å². The second-order valence-electron chi connectivity index (χ2n) is 4.54. The fourth-order valence-electron chi connectivity index (χ4n) is 2.73. The van der Waals surface area contributed by atoms with Gasteiger partial charge >= 0.3 is 0 Å². The van der Waals surface area contributed by atoms with Crippen LogP contribution in [-0.4, -0.2) is 22.2 Å². The van der Waals surface area contributed by atoms with Crippen LogP contribution in [0.25, 0.3) is 0 Å². The SMILES string of the molecule is NCc1cc(=O)[nH]c(C2CC3CCC2O3)n1. The summed E-state index contributed by atoms with van der Waals surface area (Å²) in [5.74, 6) is 0.998. The van der Waals surface area contributed by atoms with Gasteiger partial charge in [0, 0.05) is 18.5 Å². The fourth-order valence-corrected chi connectivity index (χ4v) is 2.73. The Morgan fingerprint density at radius 2 is 2.44 bits per heavy atom. The number of H-pyrrole nitrogens is 1. The van der Waals surface area contributed by atoms with Crippen LogP contribution >= 0.6 is 0 Å². The molecule has 3 atom stereocenters. The van der Waals surface area contributed by atoms with Crippen LogP contribution in [0.1, 0.15) is 36.7 Å². The van der Waals surface area contributed by atoms with E-state index in [1.54, 1.807) is 0 Å². The van der Waals surface area contributed by atoms with Crippen molar-refractivity contribution < 1.29 is 4.74 Å². The smallest absolute Gasteiger partial charge is 0.251 e. The molecule has 0 aromatic carbocycles. The van der Waals surface area contributed by atoms with E-state index in [-0.39, 0.29) is 17.6 Å². The minimum absolute atomic E-state index is 0.117. The van der Waals surface area contributed by atoms with Gasteiger partial charge in [-0.3, -0.25) is 4.79 Å². The number of rotatable bonds is 2. The maximum atomic E-state index is 11.4. The number of aromatic amines is 1. The molecular formula is C11H15N3O2. The maximum Gasteiger partial charge on any atom is 0.251 e. The Balaban J connectivity index is 1.94. The molecule has 0 saturated carbocycles. The van der Waals surface area contributed by atoms with Crippen molar-refractivity contribution >= 4 is 0 Å². The van der Waals surface area contributed by atoms with Crippen molar-refractivity contribution in [3.8, 4) is 0 Å². The molecule has 3 N–H and O–H groups in total. The van der Waals surface area contributed by atoms with Crippen LogP contribution in [0.3, 0.4) is 0 Å². The van der Waals surface area contributed by atoms with Crippen LogP contribution in [0.15, 0.2) is 10.9 Å². The molecule has 0 aliphatic carbocycles. The molecule has 2 aliphatic heterocycles. The molecule has 3 unspecified atom stereocenters. The fraction of sp³-hybridized carbons (Fsp3) is 0.636. The highest BCUT2D eigenvalue weighted by atomic mass is 16.5. The second-order valence-corrected chi connectivity index (χ2v) is 4.54. The third-order valence-corrected chi connectivity index (χ3v) is 3.48. The van der Waals surface area contributed by atoms with Gasteiger partial charge in [-0.05, 0) is 19.3 Å². The van der Waals surface area contributed by atoms with E-state index in [2.05, 4.69) is 9.97 Å². The average Bonchev–Trinajstić information content (AvgIpc) is 2.89. The molecule has 0 spiro atoms. The molecule has 1 aromatic rings. The zero-order chi connectivity index (χ0) is 11.1. The van der Waals surface area contributed by atoms with Crippen molar-refractivity contribution in [2.75, 3.05) is 0 Å². The average molecular weight is 221 g/mol. The molecule has 2 aliphatic rings. The van der Waals surface area contributed by atoms with Crippen LogP contribution < -0.4 is 11.3 Å². The lowest BCUT2D eigenvalue weighted by Crippen LogP contribution is -2.22. The standard InChI is InChI=1S/C11H15N3O2/c12-5-6-3-10(15)14-11(13-6)8-4-7-1-2-9(8)16-7/h3,7-9H,1-2,4-5,12H2,(H,13,14,15). The predicted octanol–water partition coefficient (Wildman–Crippen LogP) is 0.263. The summed E-state index contributed by atoms with van der Waals surface area (Å²) in [5, 5.41) is 0. The summed E-state index contributed by atoms with van der Waals surface area (Å²) in [6.07, 6.45) is 3.79. The molecule has 2 bridgehead atoms. The van der Waals surface area contributed by atoms with Crippen molar-refractivity contribution in [1.29, 1.82) is 0 Å². The molecule has 16 heavy (non-hydrogen) atoms. The molecule has 0 amide bonds. The monoisotopic (exact) mass is 221 g/mol. The second kappa shape index (κ2) is 3.68. The number of ether oxygens (including phenoxy) is 1. The van der Waals surface area contributed by atoms with Crippen LogP contribution in [0.2, 0.25) is 0 Å². The van der Waals surface area contributed by atoms with E-state index in [1.165, 1.54) is 6.07 Å². The van der Waals surface area contributed by atoms with E-state index in [4.69, 9.17) is 10.5 Å². The van der Waals surface area contributed by atoms with E-state index in [0.29, 0.717) is 18.3 Å². The summed E-state index contributed by atoms with van der Waals surface area (Å²) in [6.45, 7) is 0.304. The number of nitrogens with two attached hydrogens (primary N) is 1. The lowest BCUT2D eigenvalue weighted by atomic mass is 9.88. The van der Waals surface area contributed by atoms with Gasteiger partial charge in [-0.25, -0.2) is 4.98 Å². The van der Waals surface area contributed by atoms with Crippen molar-refractivity contribution in [3.63, 3.8) is 0 Å². The van der Waals surface area contributed by atoms with Crippen LogP contribution in [0, 0.1) is 0 Å². The van der Waals surface area contributed by atoms with E-state index in [9.17, 15) is 4.79 Å². The molecule has 0 radical (unpaired) electrons. The third-order valence-electron chi connectivity index (χ3n) is 3.48. The minimum atomic E-state index is -0.117. The third kappa shape index (κ3) is 1.56. The lowest BCUT2D eigenvalue weighted by molar-refractivity contribution is 0.0998. The van der Waals surface area contributed by atoms with Gasteiger partial charge in [-0.1, -0.05) is 0 Å². The summed E-state index contributed by atoms with van der Waals surface area (Å²) in [4.78, 5) is 18.6. The van der Waals surface area contributed by atoms with E-state index in [0.717, 1.165) is 25.1 Å². The highest BCUT2D eigenvalue weighted by Crippen LogP contribution is 2.43. The van der Waals surface area contributed by atoms with Crippen molar-refractivity contribution in [2.24, 2.45) is 5.73 Å². The van der Waals surface area contributed by atoms with Gasteiger partial charge in [0.15, 0.2) is 0 Å². The van der Waals surface area contributed by atoms with Gasteiger partial charge in [-0.15, -0.1) is 0 Å². The molecule has 5 nitrogen and oxygen atoms in total. The Hall–Kier alpha value is -1.20. The maximum absolute atomic E-state index is 11.4. The summed E-state index contributed by atoms with van der Waals surface area (Å²) in [6, 6.07) is 1.46. The van der Waals surface area contributed by atoms with Crippen molar-refractivity contribution in [1.82, 2.24) is 9.97 Å². The van der Waals surface area contributed by atoms with E-state index in [1.807, 2.05) is 0 Å². The molecule has 86 valence electrons. The largest absolute Gasteiger partial charge is 0.374 e. The number of hydrogen-bond donors (Lipinski definition) is 2. The highest BCUT2D eigenvalue weighted by Gasteiger charge is 2.42. The Morgan fingerprint density at radius 1 is 1.56 bits per heavy atom. The quantitative estimate of drug-likeness (QED) is 0.750. The zero-order valence-electron chi connectivity index (χ0n) is 8.98. The summed E-state index contributed by atoms with van der Waals surface area (Å²) < 4.78 is 5.76. The van der Waals surface area contributed by atoms with E-state index >= 15 is 0 Å². The normalized spacial score (nSPS) is 32.2. The summed E-state index contributed by atoms with van der Waals surface area (Å²) in [5.41, 5.74) is 6.05. The Kier molecular flexibility index (Phi) is 2.29. The first-order chi connectivity index (χ1) is 7.76. The summed E-state index contributed by atoms with van der Waals surface area (Å²) >= 11 is 0. The Labute approximate surface area is 93.0 Å². The molecule has 1 aromatic heterocycles. The molecule has 2 saturated heterocycles. The Morgan fingerprint density at radius 3 is 3.06 bits per heavy atom. The number of fused-ring (bicyclic) bond motifs is 2. The molecule has 2 fully saturated rings. The van der Waals surface area contributed by atoms with Gasteiger partial charge < -0.3 is 15.5 Å². The van der Waals surface area contributed by atoms with Gasteiger partial charge in [-0.2, -0.15) is 0 Å². The van der Waals surface area contributed by atoms with Crippen LogP contribution in [0.5, 0.6) is 0 Å². The predicted molar refractivity (Wildman–Crippen MR) is 58.0 cm³/mol. The first kappa shape index (κ1) is 9.99. The van der Waals surface area contributed by atoms with Gasteiger partial charge in [0.2, 0.25) is 0 Å². The van der Waals surface area contributed by atoms with E-state index < -0.39 is 0 Å². The first-order valence-corrected chi connectivity index (χ1v) is 5.72. The molecule has 5 heteroatoms. The Bertz CT molecular complexity index is 457. The lowest BCUT2D eigenvalue weighted by Gasteiger charge is -2.17. The van der Waals surface area contributed by atoms with Gasteiger partial charge in [0.25, 0.3) is 5.56 Å². The van der Waals surface area contributed by atoms with Crippen LogP contribution in [0.4, 0.5) is 0 Å². The van der Waals surface area contributed by atoms with Gasteiger partial charge in [0.1, 0.15) is 5.82 Å². The molecular weight excluding hydrogens is 206 g/mol.